The Morgan fingerprint density at radius 2 is 1.79 bits per heavy atom. The number of nitrogens with zero attached hydrogens (tertiary/aromatic N) is 1. The van der Waals surface area contributed by atoms with E-state index in [1.165, 1.54) is 11.1 Å². The van der Waals surface area contributed by atoms with Gasteiger partial charge in [-0.3, -0.25) is 0 Å². The summed E-state index contributed by atoms with van der Waals surface area (Å²) in [7, 11) is 1.66. The van der Waals surface area contributed by atoms with Gasteiger partial charge in [-0.1, -0.05) is 41.1 Å². The van der Waals surface area contributed by atoms with E-state index in [9.17, 15) is 0 Å². The maximum Gasteiger partial charge on any atom is 0.161 e. The number of rotatable bonds is 8. The van der Waals surface area contributed by atoms with Crippen molar-refractivity contribution in [2.75, 3.05) is 7.11 Å². The van der Waals surface area contributed by atoms with Gasteiger partial charge in [0.2, 0.25) is 0 Å². The maximum absolute atomic E-state index is 5.95. The molecule has 3 rings (SSSR count). The fourth-order valence-corrected chi connectivity index (χ4v) is 3.04. The molecule has 0 aliphatic rings. The van der Waals surface area contributed by atoms with E-state index in [0.717, 1.165) is 29.1 Å². The lowest BCUT2D eigenvalue weighted by Gasteiger charge is -2.16. The Kier molecular flexibility index (Phi) is 6.37. The van der Waals surface area contributed by atoms with Crippen molar-refractivity contribution in [3.8, 4) is 11.5 Å². The smallest absolute Gasteiger partial charge is 0.161 e. The first-order valence-corrected chi connectivity index (χ1v) is 9.49. The zero-order valence-corrected chi connectivity index (χ0v) is 17.2. The van der Waals surface area contributed by atoms with Gasteiger partial charge in [0.15, 0.2) is 11.5 Å². The van der Waals surface area contributed by atoms with Crippen molar-refractivity contribution in [3.05, 3.63) is 76.2 Å². The predicted octanol–water partition coefficient (Wildman–Crippen LogP) is 5.04. The highest BCUT2D eigenvalue weighted by Crippen LogP contribution is 2.29. The molecule has 0 saturated carbocycles. The third-order valence-corrected chi connectivity index (χ3v) is 4.97. The molecule has 0 radical (unpaired) electrons. The summed E-state index contributed by atoms with van der Waals surface area (Å²) in [5.41, 5.74) is 5.51. The van der Waals surface area contributed by atoms with Crippen LogP contribution in [0, 0.1) is 20.8 Å². The molecule has 1 N–H and O–H groups in total. The molecule has 5 nitrogen and oxygen atoms in total. The molecule has 0 spiro atoms. The molecular weight excluding hydrogens is 352 g/mol. The Morgan fingerprint density at radius 3 is 2.43 bits per heavy atom. The lowest BCUT2D eigenvalue weighted by atomic mass is 10.1. The number of ether oxygens (including phenoxy) is 2. The molecular formula is C23H28N2O3. The summed E-state index contributed by atoms with van der Waals surface area (Å²) in [6.07, 6.45) is 0. The summed E-state index contributed by atoms with van der Waals surface area (Å²) in [6, 6.07) is 14.9. The third-order valence-electron chi connectivity index (χ3n) is 4.97. The highest BCUT2D eigenvalue weighted by Gasteiger charge is 2.12. The largest absolute Gasteiger partial charge is 0.493 e. The number of methoxy groups -OCH3 is 1. The molecule has 1 aromatic heterocycles. The Morgan fingerprint density at radius 1 is 1.04 bits per heavy atom. The van der Waals surface area contributed by atoms with Crippen molar-refractivity contribution >= 4 is 0 Å². The highest BCUT2D eigenvalue weighted by molar-refractivity contribution is 5.43. The third kappa shape index (κ3) is 4.73. The van der Waals surface area contributed by atoms with Gasteiger partial charge in [-0.05, 0) is 51.0 Å². The lowest BCUT2D eigenvalue weighted by Crippen LogP contribution is -2.18. The van der Waals surface area contributed by atoms with E-state index in [2.05, 4.69) is 54.7 Å². The van der Waals surface area contributed by atoms with E-state index < -0.39 is 0 Å². The van der Waals surface area contributed by atoms with Crippen molar-refractivity contribution in [2.24, 2.45) is 0 Å². The minimum Gasteiger partial charge on any atom is -0.493 e. The van der Waals surface area contributed by atoms with Crippen molar-refractivity contribution in [1.82, 2.24) is 10.5 Å². The van der Waals surface area contributed by atoms with Gasteiger partial charge < -0.3 is 19.3 Å². The number of hydrogen-bond acceptors (Lipinski definition) is 5. The van der Waals surface area contributed by atoms with Gasteiger partial charge in [0.25, 0.3) is 0 Å². The molecule has 0 aliphatic heterocycles. The zero-order valence-electron chi connectivity index (χ0n) is 17.2. The Hall–Kier alpha value is -2.79. The summed E-state index contributed by atoms with van der Waals surface area (Å²) < 4.78 is 16.7. The fraction of sp³-hybridized carbons (Fsp3) is 0.348. The van der Waals surface area contributed by atoms with Gasteiger partial charge in [-0.25, -0.2) is 0 Å². The molecule has 5 heteroatoms. The molecule has 28 heavy (non-hydrogen) atoms. The summed E-state index contributed by atoms with van der Waals surface area (Å²) in [6.45, 7) is 9.22. The predicted molar refractivity (Wildman–Crippen MR) is 110 cm³/mol. The van der Waals surface area contributed by atoms with Crippen molar-refractivity contribution < 1.29 is 14.0 Å². The first-order valence-electron chi connectivity index (χ1n) is 9.49. The number of benzene rings is 2. The molecule has 1 unspecified atom stereocenters. The Balaban J connectivity index is 1.63. The van der Waals surface area contributed by atoms with E-state index in [-0.39, 0.29) is 6.04 Å². The molecule has 0 bridgehead atoms. The molecule has 148 valence electrons. The van der Waals surface area contributed by atoms with Gasteiger partial charge in [0.1, 0.15) is 12.4 Å². The van der Waals surface area contributed by atoms with Crippen LogP contribution in [0.2, 0.25) is 0 Å². The first kappa shape index (κ1) is 20.0. The number of aryl methyl sites for hydroxylation is 3. The summed E-state index contributed by atoms with van der Waals surface area (Å²) in [4.78, 5) is 0. The molecule has 0 fully saturated rings. The fourth-order valence-electron chi connectivity index (χ4n) is 3.04. The van der Waals surface area contributed by atoms with Crippen LogP contribution in [0.4, 0.5) is 0 Å². The van der Waals surface area contributed by atoms with Gasteiger partial charge in [-0.2, -0.15) is 0 Å². The van der Waals surface area contributed by atoms with Crippen LogP contribution in [0.15, 0.2) is 47.0 Å². The second-order valence-electron chi connectivity index (χ2n) is 7.09. The topological polar surface area (TPSA) is 56.5 Å². The van der Waals surface area contributed by atoms with Crippen LogP contribution in [0.5, 0.6) is 11.5 Å². The van der Waals surface area contributed by atoms with E-state index in [1.54, 1.807) is 7.11 Å². The SMILES string of the molecule is COc1cc(CNC(C)c2ccc(C)cc2)ccc1OCc1c(C)noc1C. The molecule has 3 aromatic rings. The van der Waals surface area contributed by atoms with Gasteiger partial charge in [-0.15, -0.1) is 0 Å². The van der Waals surface area contributed by atoms with E-state index in [1.807, 2.05) is 26.0 Å². The van der Waals surface area contributed by atoms with E-state index >= 15 is 0 Å². The van der Waals surface area contributed by atoms with E-state index in [0.29, 0.717) is 18.1 Å². The lowest BCUT2D eigenvalue weighted by molar-refractivity contribution is 0.281. The van der Waals surface area contributed by atoms with Crippen LogP contribution in [0.3, 0.4) is 0 Å². The van der Waals surface area contributed by atoms with Crippen LogP contribution < -0.4 is 14.8 Å². The molecule has 2 aromatic carbocycles. The van der Waals surface area contributed by atoms with Gasteiger partial charge in [0, 0.05) is 12.6 Å². The highest BCUT2D eigenvalue weighted by atomic mass is 16.5. The first-order chi connectivity index (χ1) is 13.5. The van der Waals surface area contributed by atoms with Crippen LogP contribution in [0.1, 0.15) is 46.7 Å². The number of hydrogen-bond donors (Lipinski definition) is 1. The molecule has 1 heterocycles. The summed E-state index contributed by atoms with van der Waals surface area (Å²) in [5.74, 6) is 2.20. The van der Waals surface area contributed by atoms with Crippen LogP contribution in [-0.2, 0) is 13.2 Å². The Bertz CT molecular complexity index is 897. The average Bonchev–Trinajstić information content (AvgIpc) is 3.03. The van der Waals surface area contributed by atoms with Crippen LogP contribution in [-0.4, -0.2) is 12.3 Å². The Labute approximate surface area is 166 Å². The van der Waals surface area contributed by atoms with Crippen molar-refractivity contribution in [1.29, 1.82) is 0 Å². The zero-order chi connectivity index (χ0) is 20.1. The minimum absolute atomic E-state index is 0.266. The minimum atomic E-state index is 0.266. The molecule has 0 saturated heterocycles. The van der Waals surface area contributed by atoms with E-state index in [4.69, 9.17) is 14.0 Å². The standard InChI is InChI=1S/C23H28N2O3/c1-15-6-9-20(10-7-15)16(2)24-13-19-8-11-22(23(12-19)26-5)27-14-21-17(3)25-28-18(21)4/h6-12,16,24H,13-14H2,1-5H3. The second-order valence-corrected chi connectivity index (χ2v) is 7.09. The number of aromatic nitrogens is 1. The summed E-state index contributed by atoms with van der Waals surface area (Å²) >= 11 is 0. The quantitative estimate of drug-likeness (QED) is 0.593. The van der Waals surface area contributed by atoms with Gasteiger partial charge in [0.05, 0.1) is 18.4 Å². The molecule has 0 amide bonds. The maximum atomic E-state index is 5.95. The molecule has 0 aliphatic carbocycles. The summed E-state index contributed by atoms with van der Waals surface area (Å²) in [5, 5.41) is 7.52. The normalized spacial score (nSPS) is 12.0. The number of nitrogens with one attached hydrogen (secondary N) is 1. The second kappa shape index (κ2) is 8.93. The monoisotopic (exact) mass is 380 g/mol. The average molecular weight is 380 g/mol. The van der Waals surface area contributed by atoms with Crippen LogP contribution >= 0.6 is 0 Å². The van der Waals surface area contributed by atoms with Crippen molar-refractivity contribution in [3.63, 3.8) is 0 Å². The van der Waals surface area contributed by atoms with Crippen molar-refractivity contribution in [2.45, 2.75) is 46.9 Å². The van der Waals surface area contributed by atoms with Crippen LogP contribution in [0.25, 0.3) is 0 Å². The molecule has 1 atom stereocenters. The van der Waals surface area contributed by atoms with Gasteiger partial charge >= 0.3 is 0 Å².